The minimum absolute atomic E-state index is 0.00734. The zero-order chi connectivity index (χ0) is 22.9. The maximum atomic E-state index is 13.4. The number of aryl methyl sites for hydroxylation is 1. The molecule has 1 saturated heterocycles. The topological polar surface area (TPSA) is 49.9 Å². The fourth-order valence-electron chi connectivity index (χ4n) is 3.71. The Balaban J connectivity index is 1.75. The van der Waals surface area contributed by atoms with Crippen molar-refractivity contribution in [3.8, 4) is 0 Å². The van der Waals surface area contributed by atoms with Crippen molar-refractivity contribution in [2.24, 2.45) is 0 Å². The Morgan fingerprint density at radius 3 is 2.56 bits per heavy atom. The second kappa shape index (κ2) is 12.3. The van der Waals surface area contributed by atoms with Gasteiger partial charge in [-0.15, -0.1) is 22.9 Å². The molecule has 1 aromatic heterocycles. The summed E-state index contributed by atoms with van der Waals surface area (Å²) in [6, 6.07) is 8.20. The van der Waals surface area contributed by atoms with Gasteiger partial charge in [-0.3, -0.25) is 9.59 Å². The molecule has 5 nitrogen and oxygen atoms in total. The largest absolute Gasteiger partial charge is 0.376 e. The van der Waals surface area contributed by atoms with Crippen LogP contribution in [0.15, 0.2) is 35.7 Å². The van der Waals surface area contributed by atoms with Crippen molar-refractivity contribution in [3.05, 3.63) is 57.5 Å². The van der Waals surface area contributed by atoms with Crippen molar-refractivity contribution in [3.63, 3.8) is 0 Å². The molecule has 0 spiro atoms. The Morgan fingerprint density at radius 2 is 1.94 bits per heavy atom. The molecule has 1 fully saturated rings. The monoisotopic (exact) mass is 480 g/mol. The van der Waals surface area contributed by atoms with E-state index >= 15 is 0 Å². The lowest BCUT2D eigenvalue weighted by molar-refractivity contribution is -0.142. The second-order valence-corrected chi connectivity index (χ2v) is 9.48. The van der Waals surface area contributed by atoms with Gasteiger partial charge < -0.3 is 14.5 Å². The molecule has 0 bridgehead atoms. The Bertz CT molecular complexity index is 884. The molecule has 1 unspecified atom stereocenters. The third kappa shape index (κ3) is 7.29. The number of benzene rings is 1. The molecule has 0 saturated carbocycles. The van der Waals surface area contributed by atoms with Crippen molar-refractivity contribution in [1.82, 2.24) is 9.80 Å². The highest BCUT2D eigenvalue weighted by atomic mass is 35.5. The van der Waals surface area contributed by atoms with Gasteiger partial charge in [0.1, 0.15) is 5.82 Å². The Morgan fingerprint density at radius 1 is 1.16 bits per heavy atom. The molecular weight excluding hydrogens is 451 g/mol. The van der Waals surface area contributed by atoms with E-state index in [1.54, 1.807) is 33.3 Å². The summed E-state index contributed by atoms with van der Waals surface area (Å²) in [6.07, 6.45) is 2.71. The van der Waals surface area contributed by atoms with Crippen LogP contribution in [-0.2, 0) is 27.4 Å². The van der Waals surface area contributed by atoms with E-state index in [0.717, 1.165) is 28.8 Å². The normalized spacial score (nSPS) is 15.7. The van der Waals surface area contributed by atoms with E-state index in [2.05, 4.69) is 0 Å². The van der Waals surface area contributed by atoms with Gasteiger partial charge in [0.15, 0.2) is 0 Å². The van der Waals surface area contributed by atoms with Crippen LogP contribution in [0.25, 0.3) is 0 Å². The smallest absolute Gasteiger partial charge is 0.242 e. The van der Waals surface area contributed by atoms with Gasteiger partial charge >= 0.3 is 0 Å². The van der Waals surface area contributed by atoms with E-state index in [-0.39, 0.29) is 30.3 Å². The first-order valence-electron chi connectivity index (χ1n) is 11.0. The molecule has 1 atom stereocenters. The summed E-state index contributed by atoms with van der Waals surface area (Å²) in [4.78, 5) is 30.7. The van der Waals surface area contributed by atoms with Gasteiger partial charge in [0.2, 0.25) is 11.8 Å². The molecule has 1 aliphatic heterocycles. The zero-order valence-electron chi connectivity index (χ0n) is 18.4. The number of halogens is 2. The third-order valence-electron chi connectivity index (χ3n) is 5.59. The molecular formula is C24H30ClFN2O3S. The molecule has 3 rings (SSSR count). The SMILES string of the molecule is Cc1ccsc1CN(Cc1ccc(F)cc1)C(=O)CN(CC1CCCO1)C(=O)CCCCl. The first-order chi connectivity index (χ1) is 15.5. The Hall–Kier alpha value is -1.96. The fraction of sp³-hybridized carbons (Fsp3) is 0.500. The number of alkyl halides is 1. The number of nitrogens with zero attached hydrogens (tertiary/aromatic N) is 2. The van der Waals surface area contributed by atoms with Crippen molar-refractivity contribution in [2.75, 3.05) is 25.6 Å². The van der Waals surface area contributed by atoms with Crippen LogP contribution < -0.4 is 0 Å². The first-order valence-corrected chi connectivity index (χ1v) is 12.4. The van der Waals surface area contributed by atoms with Crippen molar-refractivity contribution in [2.45, 2.75) is 51.8 Å². The zero-order valence-corrected chi connectivity index (χ0v) is 20.0. The standard InChI is InChI=1S/C24H30ClFN2O3S/c1-18-10-13-32-22(18)16-27(14-19-6-8-20(26)9-7-19)24(30)17-28(23(29)5-2-11-25)15-21-4-3-12-31-21/h6-10,13,21H,2-5,11-12,14-17H2,1H3. The van der Waals surface area contributed by atoms with E-state index in [9.17, 15) is 14.0 Å². The molecule has 2 aromatic rings. The number of amides is 2. The highest BCUT2D eigenvalue weighted by Gasteiger charge is 2.26. The van der Waals surface area contributed by atoms with Crippen LogP contribution in [0.3, 0.4) is 0 Å². The number of thiophene rings is 1. The number of hydrogen-bond donors (Lipinski definition) is 0. The van der Waals surface area contributed by atoms with Gasteiger partial charge in [-0.1, -0.05) is 12.1 Å². The quantitative estimate of drug-likeness (QED) is 0.436. The number of carbonyl (C=O) groups is 2. The summed E-state index contributed by atoms with van der Waals surface area (Å²) >= 11 is 7.38. The van der Waals surface area contributed by atoms with Crippen LogP contribution in [0.4, 0.5) is 4.39 Å². The van der Waals surface area contributed by atoms with Gasteiger partial charge in [0, 0.05) is 36.9 Å². The summed E-state index contributed by atoms with van der Waals surface area (Å²) in [5.74, 6) is -0.127. The number of carbonyl (C=O) groups excluding carboxylic acids is 2. The molecule has 2 amide bonds. The van der Waals surface area contributed by atoms with Gasteiger partial charge in [-0.05, 0) is 60.9 Å². The molecule has 32 heavy (non-hydrogen) atoms. The van der Waals surface area contributed by atoms with Crippen LogP contribution in [0.2, 0.25) is 0 Å². The predicted octanol–water partition coefficient (Wildman–Crippen LogP) is 4.75. The lowest BCUT2D eigenvalue weighted by Gasteiger charge is -2.29. The third-order valence-corrected chi connectivity index (χ3v) is 6.87. The maximum absolute atomic E-state index is 13.4. The molecule has 1 aliphatic rings. The van der Waals surface area contributed by atoms with Crippen molar-refractivity contribution in [1.29, 1.82) is 0 Å². The first kappa shape index (κ1) is 24.7. The Kier molecular flexibility index (Phi) is 9.51. The highest BCUT2D eigenvalue weighted by Crippen LogP contribution is 2.20. The van der Waals surface area contributed by atoms with Gasteiger partial charge in [-0.25, -0.2) is 4.39 Å². The van der Waals surface area contributed by atoms with E-state index in [4.69, 9.17) is 16.3 Å². The summed E-state index contributed by atoms with van der Waals surface area (Å²) < 4.78 is 19.1. The predicted molar refractivity (Wildman–Crippen MR) is 125 cm³/mol. The molecule has 0 aliphatic carbocycles. The van der Waals surface area contributed by atoms with Crippen LogP contribution in [-0.4, -0.2) is 53.3 Å². The lowest BCUT2D eigenvalue weighted by atomic mass is 10.2. The van der Waals surface area contributed by atoms with Gasteiger partial charge in [0.05, 0.1) is 19.2 Å². The van der Waals surface area contributed by atoms with E-state index in [0.29, 0.717) is 45.0 Å². The molecule has 0 radical (unpaired) electrons. The van der Waals surface area contributed by atoms with E-state index < -0.39 is 0 Å². The molecule has 0 N–H and O–H groups in total. The summed E-state index contributed by atoms with van der Waals surface area (Å²) in [6.45, 7) is 3.91. The summed E-state index contributed by atoms with van der Waals surface area (Å²) in [5, 5.41) is 2.00. The van der Waals surface area contributed by atoms with Crippen LogP contribution >= 0.6 is 22.9 Å². The maximum Gasteiger partial charge on any atom is 0.242 e. The van der Waals surface area contributed by atoms with E-state index in [1.807, 2.05) is 18.4 Å². The number of rotatable bonds is 11. The van der Waals surface area contributed by atoms with Gasteiger partial charge in [0.25, 0.3) is 0 Å². The minimum Gasteiger partial charge on any atom is -0.376 e. The van der Waals surface area contributed by atoms with Crippen LogP contribution in [0.1, 0.15) is 41.7 Å². The molecule has 174 valence electrons. The van der Waals surface area contributed by atoms with Crippen molar-refractivity contribution >= 4 is 34.8 Å². The average molecular weight is 481 g/mol. The minimum atomic E-state index is -0.312. The number of hydrogen-bond acceptors (Lipinski definition) is 4. The highest BCUT2D eigenvalue weighted by molar-refractivity contribution is 7.10. The lowest BCUT2D eigenvalue weighted by Crippen LogP contribution is -2.45. The van der Waals surface area contributed by atoms with Crippen LogP contribution in [0.5, 0.6) is 0 Å². The molecule has 1 aromatic carbocycles. The molecule has 8 heteroatoms. The van der Waals surface area contributed by atoms with E-state index in [1.165, 1.54) is 12.1 Å². The fourth-order valence-corrected chi connectivity index (χ4v) is 4.76. The summed E-state index contributed by atoms with van der Waals surface area (Å²) in [7, 11) is 0. The summed E-state index contributed by atoms with van der Waals surface area (Å²) in [5.41, 5.74) is 1.97. The van der Waals surface area contributed by atoms with Crippen LogP contribution in [0, 0.1) is 12.7 Å². The second-order valence-electron chi connectivity index (χ2n) is 8.10. The van der Waals surface area contributed by atoms with Crippen molar-refractivity contribution < 1.29 is 18.7 Å². The average Bonchev–Trinajstić information content (AvgIpc) is 3.44. The van der Waals surface area contributed by atoms with Gasteiger partial charge in [-0.2, -0.15) is 0 Å². The number of ether oxygens (including phenoxy) is 1. The Labute approximate surface area is 198 Å². The molecule has 2 heterocycles.